The highest BCUT2D eigenvalue weighted by Crippen LogP contribution is 2.26. The summed E-state index contributed by atoms with van der Waals surface area (Å²) >= 11 is 0. The van der Waals surface area contributed by atoms with Crippen LogP contribution in [0.5, 0.6) is 0 Å². The molecule has 3 rings (SSSR count). The van der Waals surface area contributed by atoms with E-state index in [1.807, 2.05) is 30.7 Å². The molecule has 26 heavy (non-hydrogen) atoms. The Labute approximate surface area is 153 Å². The first-order valence-corrected chi connectivity index (χ1v) is 9.17. The van der Waals surface area contributed by atoms with Crippen molar-refractivity contribution in [3.8, 4) is 11.5 Å². The van der Waals surface area contributed by atoms with Crippen LogP contribution in [0, 0.1) is 5.92 Å². The molecule has 0 aromatic carbocycles. The number of carbonyl (C=O) groups is 1. The van der Waals surface area contributed by atoms with Gasteiger partial charge in [-0.05, 0) is 50.8 Å². The zero-order chi connectivity index (χ0) is 18.7. The molecule has 3 aromatic rings. The first-order chi connectivity index (χ1) is 12.5. The maximum Gasteiger partial charge on any atom is 0.252 e. The van der Waals surface area contributed by atoms with E-state index in [-0.39, 0.29) is 11.9 Å². The van der Waals surface area contributed by atoms with Gasteiger partial charge in [-0.15, -0.1) is 0 Å². The minimum Gasteiger partial charge on any atom is -0.463 e. The zero-order valence-corrected chi connectivity index (χ0v) is 15.8. The van der Waals surface area contributed by atoms with Gasteiger partial charge in [-0.25, -0.2) is 9.67 Å². The van der Waals surface area contributed by atoms with Gasteiger partial charge in [0, 0.05) is 12.6 Å². The molecule has 0 aliphatic carbocycles. The summed E-state index contributed by atoms with van der Waals surface area (Å²) in [6.07, 6.45) is 5.38. The zero-order valence-electron chi connectivity index (χ0n) is 15.8. The normalized spacial score (nSPS) is 11.6. The Kier molecular flexibility index (Phi) is 5.40. The molecule has 0 saturated carbocycles. The first kappa shape index (κ1) is 18.2. The van der Waals surface area contributed by atoms with E-state index in [1.165, 1.54) is 0 Å². The van der Waals surface area contributed by atoms with Gasteiger partial charge in [0.2, 0.25) is 0 Å². The van der Waals surface area contributed by atoms with Gasteiger partial charge in [0.05, 0.1) is 23.4 Å². The third-order valence-corrected chi connectivity index (χ3v) is 4.32. The number of hydrogen-bond acceptors (Lipinski definition) is 4. The summed E-state index contributed by atoms with van der Waals surface area (Å²) in [5.41, 5.74) is 1.91. The molecular formula is C20H26N4O2. The summed E-state index contributed by atoms with van der Waals surface area (Å²) < 4.78 is 7.31. The number of amides is 1. The van der Waals surface area contributed by atoms with Crippen molar-refractivity contribution in [1.82, 2.24) is 20.1 Å². The molecule has 6 nitrogen and oxygen atoms in total. The fraction of sp³-hybridized carbons (Fsp3) is 0.450. The van der Waals surface area contributed by atoms with E-state index >= 15 is 0 Å². The molecule has 0 spiro atoms. The Bertz CT molecular complexity index is 879. The molecule has 0 aliphatic rings. The van der Waals surface area contributed by atoms with Crippen molar-refractivity contribution >= 4 is 16.9 Å². The van der Waals surface area contributed by atoms with Gasteiger partial charge in [-0.3, -0.25) is 4.79 Å². The van der Waals surface area contributed by atoms with E-state index in [0.29, 0.717) is 35.1 Å². The highest BCUT2D eigenvalue weighted by molar-refractivity contribution is 6.06. The number of pyridine rings is 1. The second-order valence-electron chi connectivity index (χ2n) is 7.24. The van der Waals surface area contributed by atoms with Gasteiger partial charge >= 0.3 is 0 Å². The predicted octanol–water partition coefficient (Wildman–Crippen LogP) is 4.44. The summed E-state index contributed by atoms with van der Waals surface area (Å²) in [7, 11) is 0. The minimum absolute atomic E-state index is 0.0998. The molecule has 0 bridgehead atoms. The topological polar surface area (TPSA) is 73.0 Å². The van der Waals surface area contributed by atoms with Crippen LogP contribution in [-0.2, 0) is 0 Å². The molecule has 0 unspecified atom stereocenters. The van der Waals surface area contributed by atoms with E-state index in [1.54, 1.807) is 18.5 Å². The molecule has 1 amide bonds. The Morgan fingerprint density at radius 1 is 1.31 bits per heavy atom. The maximum absolute atomic E-state index is 12.8. The number of rotatable bonds is 7. The van der Waals surface area contributed by atoms with Gasteiger partial charge in [0.1, 0.15) is 5.69 Å². The van der Waals surface area contributed by atoms with Crippen LogP contribution in [0.1, 0.15) is 56.9 Å². The summed E-state index contributed by atoms with van der Waals surface area (Å²) in [4.78, 5) is 17.5. The van der Waals surface area contributed by atoms with Crippen LogP contribution in [0.2, 0.25) is 0 Å². The van der Waals surface area contributed by atoms with Gasteiger partial charge in [0.15, 0.2) is 11.4 Å². The number of nitrogens with one attached hydrogen (secondary N) is 1. The number of aromatic nitrogens is 3. The lowest BCUT2D eigenvalue weighted by atomic mass is 10.1. The molecule has 0 aliphatic heterocycles. The Hall–Kier alpha value is -2.63. The van der Waals surface area contributed by atoms with E-state index in [0.717, 1.165) is 18.2 Å². The number of fused-ring (bicyclic) bond motifs is 1. The van der Waals surface area contributed by atoms with Gasteiger partial charge < -0.3 is 9.73 Å². The smallest absolute Gasteiger partial charge is 0.252 e. The average molecular weight is 354 g/mol. The largest absolute Gasteiger partial charge is 0.463 e. The third kappa shape index (κ3) is 3.79. The molecule has 1 N–H and O–H groups in total. The molecule has 3 aromatic heterocycles. The van der Waals surface area contributed by atoms with Crippen molar-refractivity contribution in [3.05, 3.63) is 36.2 Å². The van der Waals surface area contributed by atoms with Crippen LogP contribution in [0.15, 0.2) is 35.1 Å². The lowest BCUT2D eigenvalue weighted by Gasteiger charge is -2.10. The van der Waals surface area contributed by atoms with Crippen LogP contribution in [0.25, 0.3) is 22.5 Å². The number of carbonyl (C=O) groups excluding carboxylic acids is 1. The summed E-state index contributed by atoms with van der Waals surface area (Å²) in [6.45, 7) is 9.11. The molecule has 6 heteroatoms. The fourth-order valence-electron chi connectivity index (χ4n) is 2.94. The van der Waals surface area contributed by atoms with Gasteiger partial charge in [-0.1, -0.05) is 13.8 Å². The highest BCUT2D eigenvalue weighted by Gasteiger charge is 2.19. The fourth-order valence-corrected chi connectivity index (χ4v) is 2.94. The van der Waals surface area contributed by atoms with Crippen molar-refractivity contribution < 1.29 is 9.21 Å². The van der Waals surface area contributed by atoms with Crippen molar-refractivity contribution in [2.75, 3.05) is 6.54 Å². The van der Waals surface area contributed by atoms with Crippen LogP contribution in [-0.4, -0.2) is 27.2 Å². The van der Waals surface area contributed by atoms with Crippen molar-refractivity contribution in [2.45, 2.75) is 46.6 Å². The summed E-state index contributed by atoms with van der Waals surface area (Å²) in [5, 5.41) is 8.21. The van der Waals surface area contributed by atoms with E-state index in [4.69, 9.17) is 4.42 Å². The lowest BCUT2D eigenvalue weighted by molar-refractivity contribution is 0.0954. The standard InChI is InChI=1S/C20H26N4O2/c1-13(2)7-5-9-21-20(25)15-11-17(18-8-6-10-26-18)23-19-16(15)12-22-24(19)14(3)4/h6,8,10-14H,5,7,9H2,1-4H3,(H,21,25). The quantitative estimate of drug-likeness (QED) is 0.637. The van der Waals surface area contributed by atoms with Crippen LogP contribution >= 0.6 is 0 Å². The van der Waals surface area contributed by atoms with Crippen LogP contribution < -0.4 is 5.32 Å². The lowest BCUT2D eigenvalue weighted by Crippen LogP contribution is -2.25. The molecule has 0 fully saturated rings. The average Bonchev–Trinajstić information content (AvgIpc) is 3.26. The van der Waals surface area contributed by atoms with Gasteiger partial charge in [-0.2, -0.15) is 5.10 Å². The summed E-state index contributed by atoms with van der Waals surface area (Å²) in [5.74, 6) is 1.17. The Morgan fingerprint density at radius 3 is 2.77 bits per heavy atom. The Balaban J connectivity index is 1.96. The SMILES string of the molecule is CC(C)CCCNC(=O)c1cc(-c2ccco2)nc2c1cnn2C(C)C. The second kappa shape index (κ2) is 7.72. The van der Waals surface area contributed by atoms with E-state index in [9.17, 15) is 4.79 Å². The molecule has 0 saturated heterocycles. The van der Waals surface area contributed by atoms with Crippen molar-refractivity contribution in [3.63, 3.8) is 0 Å². The second-order valence-corrected chi connectivity index (χ2v) is 7.24. The minimum atomic E-state index is -0.0998. The van der Waals surface area contributed by atoms with Gasteiger partial charge in [0.25, 0.3) is 5.91 Å². The first-order valence-electron chi connectivity index (χ1n) is 9.17. The van der Waals surface area contributed by atoms with E-state index in [2.05, 4.69) is 29.2 Å². The van der Waals surface area contributed by atoms with E-state index < -0.39 is 0 Å². The molecule has 138 valence electrons. The predicted molar refractivity (Wildman–Crippen MR) is 102 cm³/mol. The van der Waals surface area contributed by atoms with Crippen LogP contribution in [0.4, 0.5) is 0 Å². The molecular weight excluding hydrogens is 328 g/mol. The maximum atomic E-state index is 12.8. The highest BCUT2D eigenvalue weighted by atomic mass is 16.3. The molecule has 3 heterocycles. The third-order valence-electron chi connectivity index (χ3n) is 4.32. The monoisotopic (exact) mass is 354 g/mol. The number of nitrogens with zero attached hydrogens (tertiary/aromatic N) is 3. The number of furan rings is 1. The molecule has 0 radical (unpaired) electrons. The number of hydrogen-bond donors (Lipinski definition) is 1. The summed E-state index contributed by atoms with van der Waals surface area (Å²) in [6, 6.07) is 5.58. The van der Waals surface area contributed by atoms with Crippen LogP contribution in [0.3, 0.4) is 0 Å². The molecule has 0 atom stereocenters. The Morgan fingerprint density at radius 2 is 2.12 bits per heavy atom. The van der Waals surface area contributed by atoms with Crippen molar-refractivity contribution in [1.29, 1.82) is 0 Å². The van der Waals surface area contributed by atoms with Crippen molar-refractivity contribution in [2.24, 2.45) is 5.92 Å².